The summed E-state index contributed by atoms with van der Waals surface area (Å²) in [7, 11) is 2.52. The number of nitrogens with one attached hydrogen (secondary N) is 2. The molecule has 3 rings (SSSR count). The molecule has 3 heterocycles. The van der Waals surface area contributed by atoms with Gasteiger partial charge in [0, 0.05) is 6.20 Å². The molecule has 0 fully saturated rings. The molecule has 3 aromatic heterocycles. The lowest BCUT2D eigenvalue weighted by atomic mass is 10.2. The van der Waals surface area contributed by atoms with Crippen molar-refractivity contribution in [3.8, 4) is 0 Å². The third-order valence-electron chi connectivity index (χ3n) is 4.03. The molecule has 0 spiro atoms. The summed E-state index contributed by atoms with van der Waals surface area (Å²) in [5.74, 6) is -2.14. The molecule has 0 bridgehead atoms. The lowest BCUT2D eigenvalue weighted by Crippen LogP contribution is -2.16. The summed E-state index contributed by atoms with van der Waals surface area (Å²) in [5.41, 5.74) is 1.11. The van der Waals surface area contributed by atoms with Gasteiger partial charge in [-0.15, -0.1) is 0 Å². The van der Waals surface area contributed by atoms with Gasteiger partial charge in [-0.2, -0.15) is 0 Å². The zero-order valence-corrected chi connectivity index (χ0v) is 19.0. The number of ether oxygens (including phenoxy) is 2. The molecule has 2 N–H and O–H groups in total. The SMILES string of the molecule is COC(=O)c1sc(NC(=O)c2ccc(C(=O)Nc3nc(C)c(C(=O)OC)s3)nc2)nc1C. The van der Waals surface area contributed by atoms with Crippen LogP contribution in [0.15, 0.2) is 18.3 Å². The molecule has 13 heteroatoms. The number of methoxy groups -OCH3 is 2. The topological polar surface area (TPSA) is 149 Å². The standard InChI is InChI=1S/C19H17N5O6S2/c1-8-12(16(27)29-3)31-18(21-8)23-14(25)10-5-6-11(20-7-10)15(26)24-19-22-9(2)13(32-19)17(28)30-4/h5-7H,1-4H3,(H,21,23,25)(H,22,24,26). The molecule has 0 saturated heterocycles. The Morgan fingerprint density at radius 1 is 0.812 bits per heavy atom. The van der Waals surface area contributed by atoms with Gasteiger partial charge < -0.3 is 9.47 Å². The van der Waals surface area contributed by atoms with Gasteiger partial charge in [-0.1, -0.05) is 22.7 Å². The number of esters is 2. The average molecular weight is 476 g/mol. The highest BCUT2D eigenvalue weighted by Crippen LogP contribution is 2.25. The van der Waals surface area contributed by atoms with E-state index in [1.54, 1.807) is 13.8 Å². The van der Waals surface area contributed by atoms with E-state index in [0.29, 0.717) is 16.3 Å². The lowest BCUT2D eigenvalue weighted by molar-refractivity contribution is 0.0596. The molecule has 0 aromatic carbocycles. The Morgan fingerprint density at radius 2 is 1.31 bits per heavy atom. The minimum absolute atomic E-state index is 0.0482. The van der Waals surface area contributed by atoms with E-state index in [2.05, 4.69) is 35.1 Å². The van der Waals surface area contributed by atoms with Gasteiger partial charge in [-0.05, 0) is 26.0 Å². The molecule has 32 heavy (non-hydrogen) atoms. The highest BCUT2D eigenvalue weighted by Gasteiger charge is 2.19. The number of carbonyl (C=O) groups excluding carboxylic acids is 4. The second kappa shape index (κ2) is 9.62. The Labute approximate surface area is 189 Å². The molecule has 11 nitrogen and oxygen atoms in total. The van der Waals surface area contributed by atoms with Crippen molar-refractivity contribution in [2.45, 2.75) is 13.8 Å². The molecule has 0 saturated carbocycles. The van der Waals surface area contributed by atoms with Gasteiger partial charge in [-0.25, -0.2) is 19.6 Å². The summed E-state index contributed by atoms with van der Waals surface area (Å²) in [5, 5.41) is 5.59. The van der Waals surface area contributed by atoms with Crippen molar-refractivity contribution in [2.75, 3.05) is 24.9 Å². The maximum atomic E-state index is 12.4. The van der Waals surface area contributed by atoms with Crippen LogP contribution in [0.4, 0.5) is 10.3 Å². The van der Waals surface area contributed by atoms with Crippen LogP contribution in [0.25, 0.3) is 0 Å². The van der Waals surface area contributed by atoms with Crippen LogP contribution in [0.1, 0.15) is 51.6 Å². The van der Waals surface area contributed by atoms with Gasteiger partial charge in [0.25, 0.3) is 11.8 Å². The fraction of sp³-hybridized carbons (Fsp3) is 0.211. The Hall–Kier alpha value is -3.71. The van der Waals surface area contributed by atoms with Crippen LogP contribution < -0.4 is 10.6 Å². The first kappa shape index (κ1) is 23.0. The van der Waals surface area contributed by atoms with E-state index in [-0.39, 0.29) is 26.4 Å². The number of amides is 2. The fourth-order valence-electron chi connectivity index (χ4n) is 2.46. The largest absolute Gasteiger partial charge is 0.465 e. The van der Waals surface area contributed by atoms with Crippen LogP contribution in [0.3, 0.4) is 0 Å². The smallest absolute Gasteiger partial charge is 0.350 e. The summed E-state index contributed by atoms with van der Waals surface area (Å²) in [6.07, 6.45) is 1.24. The van der Waals surface area contributed by atoms with Crippen LogP contribution in [-0.4, -0.2) is 52.9 Å². The maximum absolute atomic E-state index is 12.4. The monoisotopic (exact) mass is 475 g/mol. The number of aromatic nitrogens is 3. The number of carbonyl (C=O) groups is 4. The van der Waals surface area contributed by atoms with Crippen molar-refractivity contribution < 1.29 is 28.7 Å². The molecule has 166 valence electrons. The molecule has 2 amide bonds. The van der Waals surface area contributed by atoms with E-state index >= 15 is 0 Å². The minimum Gasteiger partial charge on any atom is -0.465 e. The van der Waals surface area contributed by atoms with E-state index < -0.39 is 23.8 Å². The number of aryl methyl sites for hydroxylation is 2. The summed E-state index contributed by atoms with van der Waals surface area (Å²) in [4.78, 5) is 61.0. The first-order valence-corrected chi connectivity index (χ1v) is 10.6. The third-order valence-corrected chi connectivity index (χ3v) is 6.14. The molecular formula is C19H17N5O6S2. The lowest BCUT2D eigenvalue weighted by Gasteiger charge is -2.04. The van der Waals surface area contributed by atoms with Crippen molar-refractivity contribution in [1.29, 1.82) is 0 Å². The molecule has 0 aliphatic heterocycles. The van der Waals surface area contributed by atoms with E-state index in [9.17, 15) is 19.2 Å². The summed E-state index contributed by atoms with van der Waals surface area (Å²) in [6, 6.07) is 2.80. The first-order valence-electron chi connectivity index (χ1n) is 8.93. The van der Waals surface area contributed by atoms with Gasteiger partial charge in [0.15, 0.2) is 10.3 Å². The molecule has 3 aromatic rings. The molecule has 0 atom stereocenters. The van der Waals surface area contributed by atoms with E-state index in [1.807, 2.05) is 0 Å². The van der Waals surface area contributed by atoms with Crippen LogP contribution in [0.2, 0.25) is 0 Å². The first-order chi connectivity index (χ1) is 15.2. The zero-order valence-electron chi connectivity index (χ0n) is 17.3. The Morgan fingerprint density at radius 3 is 1.75 bits per heavy atom. The predicted octanol–water partition coefficient (Wildman–Crippen LogP) is 2.69. The van der Waals surface area contributed by atoms with E-state index in [1.165, 1.54) is 32.5 Å². The van der Waals surface area contributed by atoms with Crippen molar-refractivity contribution in [2.24, 2.45) is 0 Å². The number of nitrogens with zero attached hydrogens (tertiary/aromatic N) is 3. The summed E-state index contributed by atoms with van der Waals surface area (Å²) >= 11 is 1.97. The number of thiazole rings is 2. The quantitative estimate of drug-likeness (QED) is 0.513. The average Bonchev–Trinajstić information content (AvgIpc) is 3.34. The van der Waals surface area contributed by atoms with Gasteiger partial charge in [0.1, 0.15) is 15.4 Å². The van der Waals surface area contributed by atoms with E-state index in [4.69, 9.17) is 0 Å². The number of hydrogen-bond acceptors (Lipinski definition) is 11. The number of rotatable bonds is 6. The van der Waals surface area contributed by atoms with Crippen LogP contribution in [0.5, 0.6) is 0 Å². The van der Waals surface area contributed by atoms with Gasteiger partial charge in [-0.3, -0.25) is 25.2 Å². The molecule has 0 radical (unpaired) electrons. The maximum Gasteiger partial charge on any atom is 0.350 e. The van der Waals surface area contributed by atoms with Crippen molar-refractivity contribution >= 4 is 56.7 Å². The number of hydrogen-bond donors (Lipinski definition) is 2. The zero-order chi connectivity index (χ0) is 23.4. The molecule has 0 aliphatic rings. The fourth-order valence-corrected chi connectivity index (χ4v) is 4.22. The summed E-state index contributed by atoms with van der Waals surface area (Å²) < 4.78 is 9.33. The highest BCUT2D eigenvalue weighted by atomic mass is 32.1. The predicted molar refractivity (Wildman–Crippen MR) is 117 cm³/mol. The molecule has 0 unspecified atom stereocenters. The minimum atomic E-state index is -0.555. The van der Waals surface area contributed by atoms with Crippen molar-refractivity contribution in [3.63, 3.8) is 0 Å². The van der Waals surface area contributed by atoms with Gasteiger partial charge in [0.2, 0.25) is 0 Å². The van der Waals surface area contributed by atoms with Crippen molar-refractivity contribution in [3.05, 3.63) is 50.7 Å². The van der Waals surface area contributed by atoms with Gasteiger partial charge in [0.05, 0.1) is 31.2 Å². The van der Waals surface area contributed by atoms with E-state index in [0.717, 1.165) is 22.7 Å². The van der Waals surface area contributed by atoms with Crippen LogP contribution in [-0.2, 0) is 9.47 Å². The van der Waals surface area contributed by atoms with Gasteiger partial charge >= 0.3 is 11.9 Å². The molecular weight excluding hydrogens is 458 g/mol. The highest BCUT2D eigenvalue weighted by molar-refractivity contribution is 7.18. The summed E-state index contributed by atoms with van der Waals surface area (Å²) in [6.45, 7) is 3.26. The second-order valence-corrected chi connectivity index (χ2v) is 8.19. The van der Waals surface area contributed by atoms with Crippen molar-refractivity contribution in [1.82, 2.24) is 15.0 Å². The number of pyridine rings is 1. The Bertz CT molecular complexity index is 1110. The number of anilines is 2. The normalized spacial score (nSPS) is 10.4. The Kier molecular flexibility index (Phi) is 6.90. The van der Waals surface area contributed by atoms with Crippen LogP contribution in [0, 0.1) is 13.8 Å². The molecule has 0 aliphatic carbocycles. The van der Waals surface area contributed by atoms with Crippen LogP contribution >= 0.6 is 22.7 Å². The Balaban J connectivity index is 1.67. The third kappa shape index (κ3) is 4.95. The second-order valence-electron chi connectivity index (χ2n) is 6.19.